The average molecular weight is 291 g/mol. The lowest BCUT2D eigenvalue weighted by atomic mass is 9.99. The van der Waals surface area contributed by atoms with Crippen LogP contribution in [0, 0.1) is 0 Å². The van der Waals surface area contributed by atoms with Gasteiger partial charge in [0.2, 0.25) is 0 Å². The molecule has 0 radical (unpaired) electrons. The normalized spacial score (nSPS) is 15.8. The maximum atomic E-state index is 12.7. The molecule has 0 saturated heterocycles. The van der Waals surface area contributed by atoms with Gasteiger partial charge in [-0.2, -0.15) is 13.2 Å². The van der Waals surface area contributed by atoms with Crippen molar-refractivity contribution in [2.45, 2.75) is 25.7 Å². The second-order valence-electron chi connectivity index (χ2n) is 5.43. The number of nitrogens with zero attached hydrogens (tertiary/aromatic N) is 1. The van der Waals surface area contributed by atoms with Crippen LogP contribution in [0.25, 0.3) is 0 Å². The number of hydrogen-bond donors (Lipinski definition) is 0. The fourth-order valence-electron chi connectivity index (χ4n) is 2.79. The Labute approximate surface area is 122 Å². The van der Waals surface area contributed by atoms with Gasteiger partial charge in [0.25, 0.3) is 0 Å². The molecule has 1 nitrogen and oxygen atoms in total. The highest BCUT2D eigenvalue weighted by Gasteiger charge is 2.30. The molecule has 0 amide bonds. The molecule has 21 heavy (non-hydrogen) atoms. The van der Waals surface area contributed by atoms with E-state index in [4.69, 9.17) is 0 Å². The molecule has 0 saturated carbocycles. The first-order chi connectivity index (χ1) is 10.0. The Kier molecular flexibility index (Phi) is 3.72. The fourth-order valence-corrected chi connectivity index (χ4v) is 2.79. The fraction of sp³-hybridized carbons (Fsp3) is 0.294. The predicted octanol–water partition coefficient (Wildman–Crippen LogP) is 4.26. The number of benzene rings is 2. The van der Waals surface area contributed by atoms with Gasteiger partial charge < -0.3 is 0 Å². The molecule has 0 spiro atoms. The van der Waals surface area contributed by atoms with Gasteiger partial charge in [-0.1, -0.05) is 42.5 Å². The van der Waals surface area contributed by atoms with Crippen LogP contribution < -0.4 is 0 Å². The lowest BCUT2D eigenvalue weighted by molar-refractivity contribution is -0.137. The van der Waals surface area contributed by atoms with E-state index in [-0.39, 0.29) is 0 Å². The van der Waals surface area contributed by atoms with Crippen molar-refractivity contribution >= 4 is 0 Å². The summed E-state index contributed by atoms with van der Waals surface area (Å²) in [5.74, 6) is 0. The van der Waals surface area contributed by atoms with Crippen LogP contribution in [0.3, 0.4) is 0 Å². The minimum absolute atomic E-state index is 0.554. The average Bonchev–Trinajstić information content (AvgIpc) is 2.46. The van der Waals surface area contributed by atoms with E-state index >= 15 is 0 Å². The molecule has 0 bridgehead atoms. The summed E-state index contributed by atoms with van der Waals surface area (Å²) in [5, 5.41) is 0. The summed E-state index contributed by atoms with van der Waals surface area (Å²) in [6.07, 6.45) is -3.32. The maximum absolute atomic E-state index is 12.7. The van der Waals surface area contributed by atoms with Crippen LogP contribution in [0.1, 0.15) is 22.3 Å². The second kappa shape index (κ2) is 5.53. The molecule has 1 heterocycles. The monoisotopic (exact) mass is 291 g/mol. The van der Waals surface area contributed by atoms with E-state index in [1.54, 1.807) is 6.07 Å². The molecular formula is C17H16F3N. The molecule has 0 unspecified atom stereocenters. The Balaban J connectivity index is 1.74. The van der Waals surface area contributed by atoms with Gasteiger partial charge in [0.05, 0.1) is 5.56 Å². The molecule has 0 fully saturated rings. The number of halogens is 3. The third-order valence-electron chi connectivity index (χ3n) is 3.87. The van der Waals surface area contributed by atoms with Gasteiger partial charge in [-0.25, -0.2) is 0 Å². The van der Waals surface area contributed by atoms with E-state index in [2.05, 4.69) is 17.0 Å². The van der Waals surface area contributed by atoms with Gasteiger partial charge in [0, 0.05) is 19.6 Å². The molecule has 0 aliphatic carbocycles. The number of alkyl halides is 3. The third kappa shape index (κ3) is 3.27. The van der Waals surface area contributed by atoms with Crippen molar-refractivity contribution in [3.63, 3.8) is 0 Å². The van der Waals surface area contributed by atoms with Crippen LogP contribution in [0.5, 0.6) is 0 Å². The van der Waals surface area contributed by atoms with E-state index in [1.807, 2.05) is 12.1 Å². The van der Waals surface area contributed by atoms with E-state index in [0.29, 0.717) is 12.1 Å². The van der Waals surface area contributed by atoms with E-state index in [0.717, 1.165) is 25.6 Å². The summed E-state index contributed by atoms with van der Waals surface area (Å²) < 4.78 is 38.2. The van der Waals surface area contributed by atoms with Crippen molar-refractivity contribution in [1.29, 1.82) is 0 Å². The van der Waals surface area contributed by atoms with Crippen LogP contribution in [0.4, 0.5) is 13.2 Å². The number of hydrogen-bond acceptors (Lipinski definition) is 1. The highest BCUT2D eigenvalue weighted by molar-refractivity contribution is 5.30. The largest absolute Gasteiger partial charge is 0.416 e. The van der Waals surface area contributed by atoms with Crippen LogP contribution in [-0.2, 0) is 25.7 Å². The Morgan fingerprint density at radius 1 is 0.952 bits per heavy atom. The molecule has 1 aliphatic heterocycles. The predicted molar refractivity (Wildman–Crippen MR) is 75.7 cm³/mol. The van der Waals surface area contributed by atoms with Crippen LogP contribution >= 0.6 is 0 Å². The van der Waals surface area contributed by atoms with Crippen LogP contribution in [-0.4, -0.2) is 11.4 Å². The summed E-state index contributed by atoms with van der Waals surface area (Å²) in [7, 11) is 0. The second-order valence-corrected chi connectivity index (χ2v) is 5.43. The minimum atomic E-state index is -4.27. The zero-order valence-corrected chi connectivity index (χ0v) is 11.5. The Bertz CT molecular complexity index is 634. The quantitative estimate of drug-likeness (QED) is 0.799. The molecule has 110 valence electrons. The summed E-state index contributed by atoms with van der Waals surface area (Å²) in [5.41, 5.74) is 2.76. The first-order valence-corrected chi connectivity index (χ1v) is 6.98. The standard InChI is InChI=1S/C17H16F3N/c18-17(19,20)16-7-3-4-13(10-16)11-21-9-8-14-5-1-2-6-15(14)12-21/h1-7,10H,8-9,11-12H2. The van der Waals surface area contributed by atoms with Crippen molar-refractivity contribution in [3.8, 4) is 0 Å². The highest BCUT2D eigenvalue weighted by Crippen LogP contribution is 2.30. The van der Waals surface area contributed by atoms with Crippen LogP contribution in [0.15, 0.2) is 48.5 Å². The van der Waals surface area contributed by atoms with Gasteiger partial charge in [-0.3, -0.25) is 4.90 Å². The molecular weight excluding hydrogens is 275 g/mol. The van der Waals surface area contributed by atoms with Crippen molar-refractivity contribution in [3.05, 3.63) is 70.8 Å². The SMILES string of the molecule is FC(F)(F)c1cccc(CN2CCc3ccccc3C2)c1. The molecule has 0 atom stereocenters. The topological polar surface area (TPSA) is 3.24 Å². The first kappa shape index (κ1) is 14.1. The molecule has 4 heteroatoms. The van der Waals surface area contributed by atoms with E-state index in [1.165, 1.54) is 23.3 Å². The van der Waals surface area contributed by atoms with Crippen molar-refractivity contribution in [1.82, 2.24) is 4.90 Å². The third-order valence-corrected chi connectivity index (χ3v) is 3.87. The maximum Gasteiger partial charge on any atom is 0.416 e. The molecule has 3 rings (SSSR count). The van der Waals surface area contributed by atoms with Crippen molar-refractivity contribution < 1.29 is 13.2 Å². The molecule has 0 N–H and O–H groups in total. The summed E-state index contributed by atoms with van der Waals surface area (Å²) in [6, 6.07) is 13.9. The summed E-state index contributed by atoms with van der Waals surface area (Å²) >= 11 is 0. The summed E-state index contributed by atoms with van der Waals surface area (Å²) in [6.45, 7) is 2.23. The molecule has 1 aliphatic rings. The zero-order valence-electron chi connectivity index (χ0n) is 11.5. The molecule has 0 aromatic heterocycles. The van der Waals surface area contributed by atoms with Crippen LogP contribution in [0.2, 0.25) is 0 Å². The molecule has 2 aromatic rings. The Morgan fingerprint density at radius 2 is 1.71 bits per heavy atom. The van der Waals surface area contributed by atoms with Gasteiger partial charge in [-0.15, -0.1) is 0 Å². The lowest BCUT2D eigenvalue weighted by Gasteiger charge is -2.28. The molecule has 2 aromatic carbocycles. The first-order valence-electron chi connectivity index (χ1n) is 6.98. The van der Waals surface area contributed by atoms with Gasteiger partial charge in [-0.05, 0) is 29.2 Å². The zero-order chi connectivity index (χ0) is 14.9. The van der Waals surface area contributed by atoms with Gasteiger partial charge >= 0.3 is 6.18 Å². The van der Waals surface area contributed by atoms with Gasteiger partial charge in [0.1, 0.15) is 0 Å². The summed E-state index contributed by atoms with van der Waals surface area (Å²) in [4.78, 5) is 2.19. The minimum Gasteiger partial charge on any atom is -0.294 e. The van der Waals surface area contributed by atoms with Crippen molar-refractivity contribution in [2.24, 2.45) is 0 Å². The highest BCUT2D eigenvalue weighted by atomic mass is 19.4. The van der Waals surface area contributed by atoms with Crippen molar-refractivity contribution in [2.75, 3.05) is 6.54 Å². The smallest absolute Gasteiger partial charge is 0.294 e. The van der Waals surface area contributed by atoms with E-state index in [9.17, 15) is 13.2 Å². The lowest BCUT2D eigenvalue weighted by Crippen LogP contribution is -2.30. The Morgan fingerprint density at radius 3 is 2.48 bits per heavy atom. The Hall–Kier alpha value is -1.81. The number of rotatable bonds is 2. The van der Waals surface area contributed by atoms with Gasteiger partial charge in [0.15, 0.2) is 0 Å². The van der Waals surface area contributed by atoms with E-state index < -0.39 is 11.7 Å². The number of fused-ring (bicyclic) bond motifs is 1.